The van der Waals surface area contributed by atoms with Crippen molar-refractivity contribution in [2.24, 2.45) is 5.92 Å². The maximum atomic E-state index is 12.8. The van der Waals surface area contributed by atoms with E-state index in [0.29, 0.717) is 0 Å². The molecule has 32 heavy (non-hydrogen) atoms. The van der Waals surface area contributed by atoms with Gasteiger partial charge in [0, 0.05) is 12.5 Å². The van der Waals surface area contributed by atoms with Crippen LogP contribution in [0.3, 0.4) is 0 Å². The van der Waals surface area contributed by atoms with Crippen LogP contribution in [0.4, 0.5) is 4.79 Å². The lowest BCUT2D eigenvalue weighted by Gasteiger charge is -2.28. The molecule has 2 aromatic carbocycles. The van der Waals surface area contributed by atoms with Crippen molar-refractivity contribution in [1.29, 1.82) is 0 Å². The molecule has 0 fully saturated rings. The Bertz CT molecular complexity index is 944. The Morgan fingerprint density at radius 1 is 1.03 bits per heavy atom. The van der Waals surface area contributed by atoms with Gasteiger partial charge >= 0.3 is 12.1 Å². The first-order valence-electron chi connectivity index (χ1n) is 10.6. The molecule has 0 radical (unpaired) electrons. The minimum Gasteiger partial charge on any atom is -0.480 e. The second-order valence-corrected chi connectivity index (χ2v) is 8.07. The van der Waals surface area contributed by atoms with E-state index >= 15 is 0 Å². The van der Waals surface area contributed by atoms with Crippen LogP contribution in [0.2, 0.25) is 0 Å². The molecule has 8 nitrogen and oxygen atoms in total. The van der Waals surface area contributed by atoms with E-state index in [1.54, 1.807) is 13.8 Å². The molecule has 3 N–H and O–H groups in total. The van der Waals surface area contributed by atoms with Crippen LogP contribution in [0, 0.1) is 5.92 Å². The van der Waals surface area contributed by atoms with Gasteiger partial charge in [-0.3, -0.25) is 9.59 Å². The lowest BCUT2D eigenvalue weighted by Crippen LogP contribution is -2.53. The molecule has 3 rings (SSSR count). The van der Waals surface area contributed by atoms with Crippen molar-refractivity contribution >= 4 is 18.0 Å². The number of carboxylic acid groups (broad SMARTS) is 1. The first kappa shape index (κ1) is 23.3. The molecular weight excluding hydrogens is 412 g/mol. The highest BCUT2D eigenvalue weighted by atomic mass is 16.5. The zero-order valence-corrected chi connectivity index (χ0v) is 18.2. The number of aliphatic hydroxyl groups excluding tert-OH is 1. The SMILES string of the molecule is CC(C)[C@@H](NC(=O)OCC1c2ccccc2-c2ccccc21)C(=O)N(CCO)CC(=O)O. The average molecular weight is 440 g/mol. The van der Waals surface area contributed by atoms with Crippen LogP contribution in [0.5, 0.6) is 0 Å². The molecule has 0 saturated carbocycles. The van der Waals surface area contributed by atoms with Gasteiger partial charge in [0.2, 0.25) is 5.91 Å². The third kappa shape index (κ3) is 5.08. The van der Waals surface area contributed by atoms with Gasteiger partial charge in [0.1, 0.15) is 19.2 Å². The van der Waals surface area contributed by atoms with Crippen molar-refractivity contribution in [3.05, 3.63) is 59.7 Å². The minimum atomic E-state index is -1.20. The molecule has 0 bridgehead atoms. The first-order chi connectivity index (χ1) is 15.3. The summed E-state index contributed by atoms with van der Waals surface area (Å²) in [5.74, 6) is -2.20. The van der Waals surface area contributed by atoms with Gasteiger partial charge in [0.05, 0.1) is 6.61 Å². The fraction of sp³-hybridized carbons (Fsp3) is 0.375. The van der Waals surface area contributed by atoms with E-state index in [2.05, 4.69) is 5.32 Å². The summed E-state index contributed by atoms with van der Waals surface area (Å²) < 4.78 is 5.50. The Labute approximate surface area is 186 Å². The van der Waals surface area contributed by atoms with Crippen molar-refractivity contribution < 1.29 is 29.3 Å². The smallest absolute Gasteiger partial charge is 0.407 e. The Hall–Kier alpha value is -3.39. The zero-order valence-electron chi connectivity index (χ0n) is 18.2. The summed E-state index contributed by atoms with van der Waals surface area (Å²) in [6.45, 7) is 2.51. The van der Waals surface area contributed by atoms with E-state index in [9.17, 15) is 14.4 Å². The summed E-state index contributed by atoms with van der Waals surface area (Å²) in [6.07, 6.45) is -0.752. The second-order valence-electron chi connectivity index (χ2n) is 8.07. The molecule has 1 atom stereocenters. The Kier molecular flexibility index (Phi) is 7.48. The fourth-order valence-corrected chi connectivity index (χ4v) is 4.03. The van der Waals surface area contributed by atoms with Gasteiger partial charge in [-0.15, -0.1) is 0 Å². The predicted molar refractivity (Wildman–Crippen MR) is 118 cm³/mol. The third-order valence-corrected chi connectivity index (χ3v) is 5.56. The number of aliphatic carboxylic acids is 1. The van der Waals surface area contributed by atoms with Gasteiger partial charge in [-0.1, -0.05) is 62.4 Å². The quantitative estimate of drug-likeness (QED) is 0.552. The number of hydrogen-bond acceptors (Lipinski definition) is 5. The highest BCUT2D eigenvalue weighted by Gasteiger charge is 2.32. The van der Waals surface area contributed by atoms with Gasteiger partial charge in [0.15, 0.2) is 0 Å². The van der Waals surface area contributed by atoms with Crippen LogP contribution < -0.4 is 5.32 Å². The maximum absolute atomic E-state index is 12.8. The predicted octanol–water partition coefficient (Wildman–Crippen LogP) is 2.46. The molecule has 0 aliphatic heterocycles. The normalized spacial score (nSPS) is 13.2. The summed E-state index contributed by atoms with van der Waals surface area (Å²) in [4.78, 5) is 37.5. The number of nitrogens with one attached hydrogen (secondary N) is 1. The monoisotopic (exact) mass is 440 g/mol. The number of hydrogen-bond donors (Lipinski definition) is 3. The van der Waals surface area contributed by atoms with Crippen LogP contribution >= 0.6 is 0 Å². The highest BCUT2D eigenvalue weighted by molar-refractivity contribution is 5.88. The maximum Gasteiger partial charge on any atom is 0.407 e. The van der Waals surface area contributed by atoms with E-state index in [1.807, 2.05) is 48.5 Å². The fourth-order valence-electron chi connectivity index (χ4n) is 4.03. The van der Waals surface area contributed by atoms with Crippen LogP contribution in [0.25, 0.3) is 11.1 Å². The number of ether oxygens (including phenoxy) is 1. The van der Waals surface area contributed by atoms with Crippen molar-refractivity contribution in [2.45, 2.75) is 25.8 Å². The van der Waals surface area contributed by atoms with Crippen molar-refractivity contribution in [3.8, 4) is 11.1 Å². The van der Waals surface area contributed by atoms with Crippen LogP contribution in [-0.4, -0.2) is 65.4 Å². The van der Waals surface area contributed by atoms with E-state index in [-0.39, 0.29) is 31.6 Å². The number of carbonyl (C=O) groups is 3. The second kappa shape index (κ2) is 10.3. The topological polar surface area (TPSA) is 116 Å². The molecule has 0 unspecified atom stereocenters. The largest absolute Gasteiger partial charge is 0.480 e. The Morgan fingerprint density at radius 3 is 2.09 bits per heavy atom. The zero-order chi connectivity index (χ0) is 23.3. The number of fused-ring (bicyclic) bond motifs is 3. The number of carbonyl (C=O) groups excluding carboxylic acids is 2. The molecule has 1 aliphatic rings. The molecule has 2 amide bonds. The number of amides is 2. The Morgan fingerprint density at radius 2 is 1.59 bits per heavy atom. The number of carboxylic acids is 1. The van der Waals surface area contributed by atoms with Gasteiger partial charge < -0.3 is 25.2 Å². The van der Waals surface area contributed by atoms with Gasteiger partial charge in [-0.05, 0) is 28.2 Å². The summed E-state index contributed by atoms with van der Waals surface area (Å²) in [5.41, 5.74) is 4.38. The molecular formula is C24H28N2O6. The van der Waals surface area contributed by atoms with Crippen LogP contribution in [0.1, 0.15) is 30.9 Å². The van der Waals surface area contributed by atoms with Gasteiger partial charge in [-0.2, -0.15) is 0 Å². The number of alkyl carbamates (subject to hydrolysis) is 1. The van der Waals surface area contributed by atoms with Gasteiger partial charge in [-0.25, -0.2) is 4.79 Å². The molecule has 0 saturated heterocycles. The standard InChI is InChI=1S/C24H28N2O6/c1-15(2)22(23(30)26(11-12-27)13-21(28)29)25-24(31)32-14-20-18-9-5-3-7-16(18)17-8-4-6-10-19(17)20/h3-10,15,20,22,27H,11-14H2,1-2H3,(H,25,31)(H,28,29)/t22-/m1/s1. The molecule has 0 heterocycles. The molecule has 1 aliphatic carbocycles. The summed E-state index contributed by atoms with van der Waals surface area (Å²) >= 11 is 0. The first-order valence-corrected chi connectivity index (χ1v) is 10.6. The summed E-state index contributed by atoms with van der Waals surface area (Å²) in [7, 11) is 0. The van der Waals surface area contributed by atoms with Gasteiger partial charge in [0.25, 0.3) is 0 Å². The van der Waals surface area contributed by atoms with Crippen LogP contribution in [0.15, 0.2) is 48.5 Å². The molecule has 2 aromatic rings. The molecule has 8 heteroatoms. The molecule has 0 spiro atoms. The molecule has 170 valence electrons. The summed E-state index contributed by atoms with van der Waals surface area (Å²) in [5, 5.41) is 20.8. The highest BCUT2D eigenvalue weighted by Crippen LogP contribution is 2.44. The lowest BCUT2D eigenvalue weighted by molar-refractivity contribution is -0.146. The van der Waals surface area contributed by atoms with E-state index in [0.717, 1.165) is 27.2 Å². The number of nitrogens with zero attached hydrogens (tertiary/aromatic N) is 1. The van der Waals surface area contributed by atoms with E-state index < -0.39 is 30.6 Å². The molecule has 0 aromatic heterocycles. The number of rotatable bonds is 9. The van der Waals surface area contributed by atoms with Crippen molar-refractivity contribution in [1.82, 2.24) is 10.2 Å². The van der Waals surface area contributed by atoms with Crippen molar-refractivity contribution in [3.63, 3.8) is 0 Å². The lowest BCUT2D eigenvalue weighted by atomic mass is 9.98. The number of benzene rings is 2. The average Bonchev–Trinajstić information content (AvgIpc) is 3.08. The van der Waals surface area contributed by atoms with E-state index in [1.165, 1.54) is 0 Å². The number of aliphatic hydroxyl groups is 1. The van der Waals surface area contributed by atoms with Crippen molar-refractivity contribution in [2.75, 3.05) is 26.3 Å². The Balaban J connectivity index is 1.69. The van der Waals surface area contributed by atoms with Crippen LogP contribution in [-0.2, 0) is 14.3 Å². The minimum absolute atomic E-state index is 0.106. The van der Waals surface area contributed by atoms with E-state index in [4.69, 9.17) is 14.9 Å². The summed E-state index contributed by atoms with van der Waals surface area (Å²) in [6, 6.07) is 15.0. The third-order valence-electron chi connectivity index (χ3n) is 5.56.